The summed E-state index contributed by atoms with van der Waals surface area (Å²) in [6.45, 7) is 8.94. The Hall–Kier alpha value is -1.89. The Morgan fingerprint density at radius 2 is 2.10 bits per heavy atom. The fourth-order valence-corrected chi connectivity index (χ4v) is 1.81. The number of nitrogens with zero attached hydrogens (tertiary/aromatic N) is 4. The van der Waals surface area contributed by atoms with E-state index in [1.165, 1.54) is 0 Å². The largest absolute Gasteiger partial charge is 0.367 e. The van der Waals surface area contributed by atoms with Crippen LogP contribution in [0.25, 0.3) is 11.2 Å². The van der Waals surface area contributed by atoms with Gasteiger partial charge in [-0.1, -0.05) is 0 Å². The van der Waals surface area contributed by atoms with Gasteiger partial charge in [0.05, 0.1) is 6.33 Å². The zero-order valence-electron chi connectivity index (χ0n) is 12.6. The van der Waals surface area contributed by atoms with Crippen LogP contribution in [0, 0.1) is 0 Å². The van der Waals surface area contributed by atoms with Crippen LogP contribution in [0.5, 0.6) is 0 Å². The number of hydrogen-bond acceptors (Lipinski definition) is 6. The Morgan fingerprint density at radius 1 is 1.30 bits per heavy atom. The van der Waals surface area contributed by atoms with Gasteiger partial charge in [-0.3, -0.25) is 0 Å². The van der Waals surface area contributed by atoms with Gasteiger partial charge in [0, 0.05) is 25.7 Å². The second-order valence-corrected chi connectivity index (χ2v) is 5.03. The van der Waals surface area contributed by atoms with Crippen molar-refractivity contribution in [2.75, 3.05) is 37.3 Å². The van der Waals surface area contributed by atoms with Crippen LogP contribution in [-0.4, -0.2) is 57.6 Å². The molecule has 0 aliphatic rings. The summed E-state index contributed by atoms with van der Waals surface area (Å²) < 4.78 is 0. The second kappa shape index (κ2) is 6.51. The molecule has 110 valence electrons. The molecule has 3 N–H and O–H groups in total. The van der Waals surface area contributed by atoms with Crippen molar-refractivity contribution in [1.82, 2.24) is 24.8 Å². The van der Waals surface area contributed by atoms with E-state index in [9.17, 15) is 0 Å². The molecule has 2 heterocycles. The van der Waals surface area contributed by atoms with E-state index in [-0.39, 0.29) is 0 Å². The summed E-state index contributed by atoms with van der Waals surface area (Å²) >= 11 is 0. The standard InChI is InChI=1S/C13H23N7/c1-5-14-13-18-11(10-12(19-13)17-8-16-10)15-6-7-20(4)9(2)3/h8-9H,5-7H2,1-4H3,(H3,14,15,16,17,18,19). The highest BCUT2D eigenvalue weighted by Gasteiger charge is 2.10. The first kappa shape index (κ1) is 14.5. The number of fused-ring (bicyclic) bond motifs is 1. The second-order valence-electron chi connectivity index (χ2n) is 5.03. The Labute approximate surface area is 119 Å². The maximum atomic E-state index is 4.48. The molecule has 0 aliphatic carbocycles. The van der Waals surface area contributed by atoms with E-state index in [0.29, 0.717) is 17.6 Å². The lowest BCUT2D eigenvalue weighted by Gasteiger charge is -2.21. The van der Waals surface area contributed by atoms with Gasteiger partial charge in [0.15, 0.2) is 11.5 Å². The summed E-state index contributed by atoms with van der Waals surface area (Å²) in [5.74, 6) is 1.40. The summed E-state index contributed by atoms with van der Waals surface area (Å²) in [4.78, 5) is 18.4. The molecule has 20 heavy (non-hydrogen) atoms. The average molecular weight is 277 g/mol. The maximum Gasteiger partial charge on any atom is 0.226 e. The van der Waals surface area contributed by atoms with Gasteiger partial charge in [0.2, 0.25) is 5.95 Å². The fraction of sp³-hybridized carbons (Fsp3) is 0.615. The smallest absolute Gasteiger partial charge is 0.226 e. The van der Waals surface area contributed by atoms with Gasteiger partial charge in [-0.15, -0.1) is 0 Å². The average Bonchev–Trinajstić information content (AvgIpc) is 2.87. The monoisotopic (exact) mass is 277 g/mol. The summed E-state index contributed by atoms with van der Waals surface area (Å²) in [6, 6.07) is 0.534. The van der Waals surface area contributed by atoms with Gasteiger partial charge in [0.25, 0.3) is 0 Å². The Balaban J connectivity index is 2.09. The molecule has 0 bridgehead atoms. The predicted octanol–water partition coefficient (Wildman–Crippen LogP) is 1.54. The number of likely N-dealkylation sites (N-methyl/N-ethyl adjacent to an activating group) is 1. The summed E-state index contributed by atoms with van der Waals surface area (Å²) in [5.41, 5.74) is 1.52. The van der Waals surface area contributed by atoms with Crippen LogP contribution in [-0.2, 0) is 0 Å². The molecular weight excluding hydrogens is 254 g/mol. The molecule has 0 radical (unpaired) electrons. The minimum Gasteiger partial charge on any atom is -0.367 e. The molecule has 2 aromatic heterocycles. The minimum atomic E-state index is 0.534. The highest BCUT2D eigenvalue weighted by atomic mass is 15.2. The number of aromatic amines is 1. The van der Waals surface area contributed by atoms with Crippen molar-refractivity contribution in [3.8, 4) is 0 Å². The number of rotatable bonds is 7. The first-order chi connectivity index (χ1) is 9.61. The van der Waals surface area contributed by atoms with Crippen LogP contribution in [0.1, 0.15) is 20.8 Å². The van der Waals surface area contributed by atoms with Crippen LogP contribution in [0.15, 0.2) is 6.33 Å². The van der Waals surface area contributed by atoms with Gasteiger partial charge in [0.1, 0.15) is 5.52 Å². The number of nitrogens with one attached hydrogen (secondary N) is 3. The highest BCUT2D eigenvalue weighted by molar-refractivity contribution is 5.83. The van der Waals surface area contributed by atoms with Gasteiger partial charge in [-0.25, -0.2) is 4.98 Å². The van der Waals surface area contributed by atoms with Crippen molar-refractivity contribution < 1.29 is 0 Å². The molecular formula is C13H23N7. The zero-order valence-corrected chi connectivity index (χ0v) is 12.6. The lowest BCUT2D eigenvalue weighted by atomic mass is 10.3. The fourth-order valence-electron chi connectivity index (χ4n) is 1.81. The van der Waals surface area contributed by atoms with Crippen LogP contribution in [0.2, 0.25) is 0 Å². The van der Waals surface area contributed by atoms with Crippen molar-refractivity contribution in [3.05, 3.63) is 6.33 Å². The number of aromatic nitrogens is 4. The Morgan fingerprint density at radius 3 is 2.80 bits per heavy atom. The summed E-state index contributed by atoms with van der Waals surface area (Å²) in [6.07, 6.45) is 1.64. The lowest BCUT2D eigenvalue weighted by molar-refractivity contribution is 0.284. The molecule has 2 aromatic rings. The molecule has 7 nitrogen and oxygen atoms in total. The molecule has 0 unspecified atom stereocenters. The van der Waals surface area contributed by atoms with Gasteiger partial charge in [-0.2, -0.15) is 9.97 Å². The van der Waals surface area contributed by atoms with Gasteiger partial charge >= 0.3 is 0 Å². The first-order valence-electron chi connectivity index (χ1n) is 7.01. The maximum absolute atomic E-state index is 4.48. The topological polar surface area (TPSA) is 81.8 Å². The molecule has 0 saturated carbocycles. The molecule has 2 rings (SSSR count). The quantitative estimate of drug-likeness (QED) is 0.712. The van der Waals surface area contributed by atoms with Crippen molar-refractivity contribution in [3.63, 3.8) is 0 Å². The molecule has 0 fully saturated rings. The minimum absolute atomic E-state index is 0.534. The number of imidazole rings is 1. The van der Waals surface area contributed by atoms with Crippen LogP contribution < -0.4 is 10.6 Å². The molecule has 0 aromatic carbocycles. The molecule has 0 saturated heterocycles. The van der Waals surface area contributed by atoms with Crippen LogP contribution >= 0.6 is 0 Å². The van der Waals surface area contributed by atoms with E-state index in [1.54, 1.807) is 6.33 Å². The SMILES string of the molecule is CCNc1nc(NCCN(C)C(C)C)c2[nH]cnc2n1. The normalized spacial score (nSPS) is 11.5. The Bertz CT molecular complexity index is 549. The van der Waals surface area contributed by atoms with E-state index < -0.39 is 0 Å². The molecule has 0 amide bonds. The zero-order chi connectivity index (χ0) is 14.5. The van der Waals surface area contributed by atoms with E-state index in [4.69, 9.17) is 0 Å². The Kier molecular flexibility index (Phi) is 4.73. The van der Waals surface area contributed by atoms with Crippen LogP contribution in [0.3, 0.4) is 0 Å². The summed E-state index contributed by atoms with van der Waals surface area (Å²) in [7, 11) is 2.11. The highest BCUT2D eigenvalue weighted by Crippen LogP contribution is 2.18. The third kappa shape index (κ3) is 3.36. The van der Waals surface area contributed by atoms with Crippen LogP contribution in [0.4, 0.5) is 11.8 Å². The number of hydrogen-bond donors (Lipinski definition) is 3. The van der Waals surface area contributed by atoms with Gasteiger partial charge in [-0.05, 0) is 27.8 Å². The summed E-state index contributed by atoms with van der Waals surface area (Å²) in [5, 5.41) is 6.48. The van der Waals surface area contributed by atoms with E-state index in [0.717, 1.165) is 31.0 Å². The van der Waals surface area contributed by atoms with E-state index in [1.807, 2.05) is 6.92 Å². The molecule has 0 aliphatic heterocycles. The van der Waals surface area contributed by atoms with Gasteiger partial charge < -0.3 is 20.5 Å². The first-order valence-corrected chi connectivity index (χ1v) is 7.01. The molecule has 0 atom stereocenters. The lowest BCUT2D eigenvalue weighted by Crippen LogP contribution is -2.31. The van der Waals surface area contributed by atoms with E-state index >= 15 is 0 Å². The number of anilines is 2. The van der Waals surface area contributed by atoms with E-state index in [2.05, 4.69) is 56.4 Å². The molecule has 7 heteroatoms. The van der Waals surface area contributed by atoms with Crippen molar-refractivity contribution in [2.45, 2.75) is 26.8 Å². The predicted molar refractivity (Wildman–Crippen MR) is 82.1 cm³/mol. The van der Waals surface area contributed by atoms with Crippen molar-refractivity contribution in [2.24, 2.45) is 0 Å². The third-order valence-electron chi connectivity index (χ3n) is 3.26. The van der Waals surface area contributed by atoms with Crippen molar-refractivity contribution >= 4 is 22.9 Å². The third-order valence-corrected chi connectivity index (χ3v) is 3.26. The molecule has 0 spiro atoms. The number of H-pyrrole nitrogens is 1. The van der Waals surface area contributed by atoms with Crippen molar-refractivity contribution in [1.29, 1.82) is 0 Å².